The summed E-state index contributed by atoms with van der Waals surface area (Å²) in [6, 6.07) is 15.7. The summed E-state index contributed by atoms with van der Waals surface area (Å²) in [6.07, 6.45) is 0.960. The lowest BCUT2D eigenvalue weighted by atomic mass is 9.96. The van der Waals surface area contributed by atoms with Gasteiger partial charge in [-0.2, -0.15) is 0 Å². The fourth-order valence-corrected chi connectivity index (χ4v) is 3.08. The summed E-state index contributed by atoms with van der Waals surface area (Å²) >= 11 is 0. The van der Waals surface area contributed by atoms with E-state index in [0.717, 1.165) is 17.7 Å². The fraction of sp³-hybridized carbons (Fsp3) is 0.400. The number of rotatable bonds is 12. The van der Waals surface area contributed by atoms with Crippen LogP contribution in [0.5, 0.6) is 0 Å². The minimum Gasteiger partial charge on any atom is -0.481 e. The van der Waals surface area contributed by atoms with Crippen molar-refractivity contribution in [1.82, 2.24) is 15.2 Å². The Hall–Kier alpha value is -3.83. The molecule has 0 unspecified atom stereocenters. The maximum absolute atomic E-state index is 12.5. The van der Waals surface area contributed by atoms with E-state index in [1.54, 1.807) is 11.1 Å². The van der Waals surface area contributed by atoms with Crippen LogP contribution >= 0.6 is 0 Å². The Bertz CT molecular complexity index is 954. The number of nitrogens with one attached hydrogen (secondary N) is 1. The van der Waals surface area contributed by atoms with E-state index in [1.807, 2.05) is 62.6 Å². The first-order chi connectivity index (χ1) is 16.5. The van der Waals surface area contributed by atoms with Crippen LogP contribution < -0.4 is 5.32 Å². The Morgan fingerprint density at radius 1 is 0.972 bits per heavy atom. The van der Waals surface area contributed by atoms with Crippen LogP contribution in [-0.4, -0.2) is 86.4 Å². The summed E-state index contributed by atoms with van der Waals surface area (Å²) in [6.45, 7) is 0.669. The van der Waals surface area contributed by atoms with Crippen LogP contribution in [0.4, 0.5) is 0 Å². The number of carbonyl (C=O) groups is 4. The summed E-state index contributed by atoms with van der Waals surface area (Å²) < 4.78 is 0. The maximum atomic E-state index is 12.5. The second kappa shape index (κ2) is 16.0. The number of likely N-dealkylation sites (N-methyl/N-ethyl adjacent to an activating group) is 2. The largest absolute Gasteiger partial charge is 0.481 e. The predicted octanol–water partition coefficient (Wildman–Crippen LogP) is 1.30. The first-order valence-corrected chi connectivity index (χ1v) is 10.7. The van der Waals surface area contributed by atoms with Crippen LogP contribution in [0.25, 0.3) is 0 Å². The number of hydrogen-bond donors (Lipinski definition) is 5. The summed E-state index contributed by atoms with van der Waals surface area (Å²) in [4.78, 5) is 49.1. The lowest BCUT2D eigenvalue weighted by Crippen LogP contribution is -2.45. The SMILES string of the molecule is C.CN[C@@H](Cc1ccccc1)C(=O)N(C)CCc1ccccn1.O=C(O)CC(O)(CC(=O)O)C(=O)O. The number of aliphatic carboxylic acids is 3. The van der Waals surface area contributed by atoms with Gasteiger partial charge in [-0.3, -0.25) is 19.4 Å². The van der Waals surface area contributed by atoms with Crippen LogP contribution in [0.2, 0.25) is 0 Å². The molecule has 1 aromatic heterocycles. The fourth-order valence-electron chi connectivity index (χ4n) is 3.08. The zero-order valence-corrected chi connectivity index (χ0v) is 19.6. The molecule has 198 valence electrons. The molecule has 36 heavy (non-hydrogen) atoms. The van der Waals surface area contributed by atoms with Gasteiger partial charge in [-0.1, -0.05) is 43.8 Å². The zero-order valence-electron chi connectivity index (χ0n) is 19.6. The van der Waals surface area contributed by atoms with Crippen LogP contribution in [-0.2, 0) is 32.0 Å². The predicted molar refractivity (Wildman–Crippen MR) is 132 cm³/mol. The molecule has 1 heterocycles. The number of aliphatic hydroxyl groups is 1. The minimum absolute atomic E-state index is 0. The molecular weight excluding hydrogens is 470 g/mol. The van der Waals surface area contributed by atoms with Crippen molar-refractivity contribution in [1.29, 1.82) is 0 Å². The van der Waals surface area contributed by atoms with Crippen molar-refractivity contribution < 1.29 is 39.6 Å². The molecule has 11 heteroatoms. The number of hydrogen-bond acceptors (Lipinski definition) is 7. The number of carboxylic acid groups (broad SMARTS) is 3. The van der Waals surface area contributed by atoms with Crippen molar-refractivity contribution >= 4 is 23.8 Å². The molecule has 0 saturated heterocycles. The van der Waals surface area contributed by atoms with Crippen LogP contribution in [0.3, 0.4) is 0 Å². The molecule has 0 spiro atoms. The number of aromatic nitrogens is 1. The molecule has 1 aromatic carbocycles. The van der Waals surface area contributed by atoms with E-state index in [-0.39, 0.29) is 19.4 Å². The molecule has 0 aliphatic rings. The van der Waals surface area contributed by atoms with Crippen molar-refractivity contribution in [2.75, 3.05) is 20.6 Å². The molecule has 0 radical (unpaired) electrons. The van der Waals surface area contributed by atoms with Crippen molar-refractivity contribution in [3.05, 3.63) is 66.0 Å². The second-order valence-corrected chi connectivity index (χ2v) is 7.84. The molecule has 2 aromatic rings. The third-order valence-corrected chi connectivity index (χ3v) is 5.02. The van der Waals surface area contributed by atoms with Gasteiger partial charge in [0.1, 0.15) is 0 Å². The second-order valence-electron chi connectivity index (χ2n) is 7.84. The Balaban J connectivity index is 0.000000758. The van der Waals surface area contributed by atoms with E-state index >= 15 is 0 Å². The molecule has 5 N–H and O–H groups in total. The van der Waals surface area contributed by atoms with Crippen molar-refractivity contribution in [3.8, 4) is 0 Å². The average Bonchev–Trinajstić information content (AvgIpc) is 2.81. The first kappa shape index (κ1) is 32.2. The highest BCUT2D eigenvalue weighted by molar-refractivity contribution is 5.88. The van der Waals surface area contributed by atoms with E-state index < -0.39 is 36.4 Å². The Morgan fingerprint density at radius 3 is 1.97 bits per heavy atom. The summed E-state index contributed by atoms with van der Waals surface area (Å²) in [5.41, 5.74) is -0.572. The molecule has 0 aliphatic heterocycles. The summed E-state index contributed by atoms with van der Waals surface area (Å²) in [5.74, 6) is -4.91. The van der Waals surface area contributed by atoms with E-state index in [9.17, 15) is 19.2 Å². The highest BCUT2D eigenvalue weighted by Gasteiger charge is 2.40. The van der Waals surface area contributed by atoms with E-state index in [0.29, 0.717) is 13.0 Å². The highest BCUT2D eigenvalue weighted by atomic mass is 16.4. The lowest BCUT2D eigenvalue weighted by molar-refractivity contribution is -0.170. The molecule has 11 nitrogen and oxygen atoms in total. The van der Waals surface area contributed by atoms with Crippen molar-refractivity contribution in [2.45, 2.75) is 44.8 Å². The van der Waals surface area contributed by atoms with Crippen LogP contribution in [0.15, 0.2) is 54.7 Å². The van der Waals surface area contributed by atoms with E-state index in [2.05, 4.69) is 10.3 Å². The highest BCUT2D eigenvalue weighted by Crippen LogP contribution is 2.15. The van der Waals surface area contributed by atoms with Crippen LogP contribution in [0.1, 0.15) is 31.5 Å². The molecule has 0 aliphatic carbocycles. The molecule has 0 bridgehead atoms. The molecular formula is C25H35N3O8. The quantitative estimate of drug-likeness (QED) is 0.282. The van der Waals surface area contributed by atoms with Gasteiger partial charge >= 0.3 is 17.9 Å². The van der Waals surface area contributed by atoms with Crippen molar-refractivity contribution in [2.24, 2.45) is 0 Å². The average molecular weight is 506 g/mol. The topological polar surface area (TPSA) is 177 Å². The zero-order chi connectivity index (χ0) is 26.4. The Kier molecular flexibility index (Phi) is 14.3. The third kappa shape index (κ3) is 11.5. The van der Waals surface area contributed by atoms with Gasteiger partial charge in [-0.15, -0.1) is 0 Å². The van der Waals surface area contributed by atoms with E-state index in [4.69, 9.17) is 20.4 Å². The minimum atomic E-state index is -2.74. The van der Waals surface area contributed by atoms with Gasteiger partial charge < -0.3 is 30.6 Å². The number of benzene rings is 1. The lowest BCUT2D eigenvalue weighted by Gasteiger charge is -2.23. The Morgan fingerprint density at radius 2 is 1.53 bits per heavy atom. The summed E-state index contributed by atoms with van der Waals surface area (Å²) in [7, 11) is 3.68. The van der Waals surface area contributed by atoms with Gasteiger partial charge in [-0.05, 0) is 31.2 Å². The number of nitrogens with zero attached hydrogens (tertiary/aromatic N) is 2. The molecule has 0 fully saturated rings. The molecule has 1 amide bonds. The molecule has 2 rings (SSSR count). The number of carboxylic acids is 3. The monoisotopic (exact) mass is 505 g/mol. The van der Waals surface area contributed by atoms with Gasteiger partial charge in [-0.25, -0.2) is 4.79 Å². The van der Waals surface area contributed by atoms with Gasteiger partial charge in [0.25, 0.3) is 0 Å². The number of pyridine rings is 1. The van der Waals surface area contributed by atoms with Gasteiger partial charge in [0, 0.05) is 31.9 Å². The smallest absolute Gasteiger partial charge is 0.336 e. The van der Waals surface area contributed by atoms with Gasteiger partial charge in [0.2, 0.25) is 5.91 Å². The van der Waals surface area contributed by atoms with E-state index in [1.165, 1.54) is 0 Å². The molecule has 0 saturated carbocycles. The standard InChI is InChI=1S/C18H23N3O.C6H8O7.CH4/c1-19-17(14-15-8-4-3-5-9-15)18(22)21(2)13-11-16-10-6-7-12-20-16;7-3(8)1-6(13,5(11)12)2-4(9)10;/h3-10,12,17,19H,11,13-14H2,1-2H3;13H,1-2H2,(H,7,8)(H,9,10)(H,11,12);1H4/t17-;;/m0../s1. The van der Waals surface area contributed by atoms with Crippen LogP contribution in [0, 0.1) is 0 Å². The van der Waals surface area contributed by atoms with Gasteiger partial charge in [0.15, 0.2) is 5.60 Å². The summed E-state index contributed by atoms with van der Waals surface area (Å²) in [5, 5.41) is 36.9. The van der Waals surface area contributed by atoms with Crippen molar-refractivity contribution in [3.63, 3.8) is 0 Å². The maximum Gasteiger partial charge on any atom is 0.336 e. The molecule has 1 atom stereocenters. The number of carbonyl (C=O) groups excluding carboxylic acids is 1. The van der Waals surface area contributed by atoms with Gasteiger partial charge in [0.05, 0.1) is 18.9 Å². The Labute approximate surface area is 210 Å². The third-order valence-electron chi connectivity index (χ3n) is 5.02. The first-order valence-electron chi connectivity index (χ1n) is 10.7. The number of amides is 1. The normalized spacial score (nSPS) is 11.2.